The topological polar surface area (TPSA) is 111 Å². The molecule has 10 heteroatoms. The number of halogens is 1. The molecular formula is C17H14ClN3O5S. The number of benzene rings is 1. The van der Waals surface area contributed by atoms with Gasteiger partial charge in [0.1, 0.15) is 16.1 Å². The summed E-state index contributed by atoms with van der Waals surface area (Å²) < 4.78 is 6.39. The highest BCUT2D eigenvalue weighted by atomic mass is 35.5. The van der Waals surface area contributed by atoms with Crippen molar-refractivity contribution < 1.29 is 19.4 Å². The molecule has 0 aliphatic rings. The molecule has 2 aromatic heterocycles. The van der Waals surface area contributed by atoms with Crippen LogP contribution in [0.1, 0.15) is 25.6 Å². The molecule has 1 aromatic carbocycles. The summed E-state index contributed by atoms with van der Waals surface area (Å²) >= 11 is 7.20. The van der Waals surface area contributed by atoms with E-state index in [2.05, 4.69) is 10.3 Å². The number of aromatic nitrogens is 2. The van der Waals surface area contributed by atoms with Crippen LogP contribution in [-0.4, -0.2) is 33.6 Å². The Kier molecular flexibility index (Phi) is 4.90. The van der Waals surface area contributed by atoms with Crippen molar-refractivity contribution in [1.29, 1.82) is 0 Å². The summed E-state index contributed by atoms with van der Waals surface area (Å²) in [7, 11) is 2.90. The van der Waals surface area contributed by atoms with Gasteiger partial charge in [0.15, 0.2) is 0 Å². The van der Waals surface area contributed by atoms with Crippen LogP contribution in [0.4, 0.5) is 5.69 Å². The Morgan fingerprint density at radius 3 is 2.70 bits per heavy atom. The minimum Gasteiger partial charge on any atom is -0.496 e. The zero-order chi connectivity index (χ0) is 19.9. The molecule has 1 amide bonds. The van der Waals surface area contributed by atoms with Crippen LogP contribution in [0.15, 0.2) is 23.3 Å². The first-order chi connectivity index (χ1) is 12.7. The van der Waals surface area contributed by atoms with Crippen molar-refractivity contribution in [3.8, 4) is 5.75 Å². The molecule has 3 aromatic rings. The Morgan fingerprint density at radius 2 is 2.07 bits per heavy atom. The van der Waals surface area contributed by atoms with Crippen LogP contribution in [0.3, 0.4) is 0 Å². The third-order valence-corrected chi connectivity index (χ3v) is 5.50. The van der Waals surface area contributed by atoms with E-state index < -0.39 is 11.9 Å². The minimum atomic E-state index is -1.20. The number of anilines is 1. The first-order valence-corrected chi connectivity index (χ1v) is 8.81. The Morgan fingerprint density at radius 1 is 1.37 bits per heavy atom. The van der Waals surface area contributed by atoms with Gasteiger partial charge in [0.05, 0.1) is 34.4 Å². The van der Waals surface area contributed by atoms with Crippen molar-refractivity contribution in [2.75, 3.05) is 12.4 Å². The number of carbonyl (C=O) groups is 2. The fourth-order valence-electron chi connectivity index (χ4n) is 2.59. The molecule has 0 unspecified atom stereocenters. The van der Waals surface area contributed by atoms with Gasteiger partial charge >= 0.3 is 5.97 Å². The summed E-state index contributed by atoms with van der Waals surface area (Å²) in [6.45, 7) is 1.67. The summed E-state index contributed by atoms with van der Waals surface area (Å²) in [6.07, 6.45) is 1.40. The van der Waals surface area contributed by atoms with Gasteiger partial charge < -0.3 is 19.7 Å². The lowest BCUT2D eigenvalue weighted by atomic mass is 10.1. The second-order valence-electron chi connectivity index (χ2n) is 5.69. The molecule has 2 heterocycles. The van der Waals surface area contributed by atoms with Gasteiger partial charge in [0.2, 0.25) is 0 Å². The van der Waals surface area contributed by atoms with Gasteiger partial charge in [-0.05, 0) is 18.6 Å². The molecule has 0 aliphatic heterocycles. The van der Waals surface area contributed by atoms with E-state index >= 15 is 0 Å². The van der Waals surface area contributed by atoms with Gasteiger partial charge in [0, 0.05) is 13.1 Å². The van der Waals surface area contributed by atoms with Crippen molar-refractivity contribution in [3.63, 3.8) is 0 Å². The molecule has 140 valence electrons. The third-order valence-electron chi connectivity index (χ3n) is 3.98. The largest absolute Gasteiger partial charge is 0.496 e. The van der Waals surface area contributed by atoms with E-state index in [0.717, 1.165) is 11.3 Å². The predicted octanol–water partition coefficient (Wildman–Crippen LogP) is 2.92. The molecule has 3 rings (SSSR count). The highest BCUT2D eigenvalue weighted by molar-refractivity contribution is 7.20. The normalized spacial score (nSPS) is 10.8. The fraction of sp³-hybridized carbons (Fsp3) is 0.176. The van der Waals surface area contributed by atoms with E-state index in [1.165, 1.54) is 30.1 Å². The summed E-state index contributed by atoms with van der Waals surface area (Å²) in [6, 6.07) is 2.54. The van der Waals surface area contributed by atoms with Crippen LogP contribution in [0, 0.1) is 6.92 Å². The van der Waals surface area contributed by atoms with Crippen LogP contribution < -0.4 is 15.6 Å². The number of aromatic carboxylic acids is 1. The number of nitrogens with one attached hydrogen (secondary N) is 1. The van der Waals surface area contributed by atoms with Crippen molar-refractivity contribution in [3.05, 3.63) is 49.8 Å². The molecule has 0 aliphatic carbocycles. The number of nitrogens with zero attached hydrogens (tertiary/aromatic N) is 2. The molecule has 0 radical (unpaired) electrons. The molecule has 0 saturated heterocycles. The number of aryl methyl sites for hydroxylation is 2. The smallest absolute Gasteiger partial charge is 0.339 e. The molecule has 0 bridgehead atoms. The second-order valence-corrected chi connectivity index (χ2v) is 7.09. The highest BCUT2D eigenvalue weighted by Crippen LogP contribution is 2.33. The summed E-state index contributed by atoms with van der Waals surface area (Å²) in [5.41, 5.74) is 0.359. The van der Waals surface area contributed by atoms with E-state index in [1.54, 1.807) is 14.0 Å². The zero-order valence-corrected chi connectivity index (χ0v) is 16.1. The summed E-state index contributed by atoms with van der Waals surface area (Å²) in [4.78, 5) is 41.2. The average Bonchev–Trinajstić information content (AvgIpc) is 2.96. The number of carboxylic acids is 1. The molecule has 8 nitrogen and oxygen atoms in total. The lowest BCUT2D eigenvalue weighted by Crippen LogP contribution is -2.17. The third kappa shape index (κ3) is 3.26. The fourth-order valence-corrected chi connectivity index (χ4v) is 3.84. The maximum Gasteiger partial charge on any atom is 0.339 e. The SMILES string of the molecule is COc1cc(NC(=O)c2sc3ncn(C)c(=O)c3c2C)c(Cl)cc1C(=O)O. The molecule has 0 spiro atoms. The number of hydrogen-bond donors (Lipinski definition) is 2. The zero-order valence-electron chi connectivity index (χ0n) is 14.5. The van der Waals surface area contributed by atoms with Crippen LogP contribution in [0.5, 0.6) is 5.75 Å². The van der Waals surface area contributed by atoms with Crippen molar-refractivity contribution >= 4 is 50.7 Å². The first kappa shape index (κ1) is 18.9. The quantitative estimate of drug-likeness (QED) is 0.688. The van der Waals surface area contributed by atoms with E-state index in [1.807, 2.05) is 0 Å². The Labute approximate surface area is 162 Å². The maximum absolute atomic E-state index is 12.7. The van der Waals surface area contributed by atoms with E-state index in [4.69, 9.17) is 16.3 Å². The first-order valence-electron chi connectivity index (χ1n) is 7.61. The summed E-state index contributed by atoms with van der Waals surface area (Å²) in [5.74, 6) is -1.62. The van der Waals surface area contributed by atoms with Crippen LogP contribution in [-0.2, 0) is 7.05 Å². The van der Waals surface area contributed by atoms with Gasteiger partial charge in [-0.2, -0.15) is 0 Å². The lowest BCUT2D eigenvalue weighted by Gasteiger charge is -2.11. The standard InChI is InChI=1S/C17H14ClN3O5S/c1-7-12-15(19-6-21(2)16(12)23)27-13(7)14(22)20-10-5-11(26-3)8(17(24)25)4-9(10)18/h4-6H,1-3H3,(H,20,22)(H,24,25). The van der Waals surface area contributed by atoms with Crippen LogP contribution >= 0.6 is 22.9 Å². The average molecular weight is 408 g/mol. The van der Waals surface area contributed by atoms with E-state index in [-0.39, 0.29) is 27.6 Å². The number of carbonyl (C=O) groups excluding carboxylic acids is 1. The van der Waals surface area contributed by atoms with E-state index in [0.29, 0.717) is 20.7 Å². The minimum absolute atomic E-state index is 0.0503. The monoisotopic (exact) mass is 407 g/mol. The van der Waals surface area contributed by atoms with Gasteiger partial charge in [-0.25, -0.2) is 9.78 Å². The number of amides is 1. The van der Waals surface area contributed by atoms with Crippen molar-refractivity contribution in [2.24, 2.45) is 7.05 Å². The maximum atomic E-state index is 12.7. The van der Waals surface area contributed by atoms with Crippen molar-refractivity contribution in [2.45, 2.75) is 6.92 Å². The number of thiophene rings is 1. The van der Waals surface area contributed by atoms with Gasteiger partial charge in [-0.3, -0.25) is 9.59 Å². The molecule has 2 N–H and O–H groups in total. The number of rotatable bonds is 4. The Balaban J connectivity index is 2.03. The number of carboxylic acid groups (broad SMARTS) is 1. The van der Waals surface area contributed by atoms with Crippen LogP contribution in [0.25, 0.3) is 10.2 Å². The molecule has 0 atom stereocenters. The lowest BCUT2D eigenvalue weighted by molar-refractivity contribution is 0.0693. The molecular weight excluding hydrogens is 394 g/mol. The van der Waals surface area contributed by atoms with Crippen LogP contribution in [0.2, 0.25) is 5.02 Å². The summed E-state index contributed by atoms with van der Waals surface area (Å²) in [5, 5.41) is 12.2. The predicted molar refractivity (Wildman–Crippen MR) is 103 cm³/mol. The molecule has 0 fully saturated rings. The number of fused-ring (bicyclic) bond motifs is 1. The highest BCUT2D eigenvalue weighted by Gasteiger charge is 2.21. The van der Waals surface area contributed by atoms with Gasteiger partial charge in [-0.15, -0.1) is 11.3 Å². The molecule has 27 heavy (non-hydrogen) atoms. The Hall–Kier alpha value is -2.91. The molecule has 0 saturated carbocycles. The Bertz CT molecular complexity index is 1150. The van der Waals surface area contributed by atoms with Gasteiger partial charge in [0.25, 0.3) is 11.5 Å². The van der Waals surface area contributed by atoms with Crippen molar-refractivity contribution in [1.82, 2.24) is 9.55 Å². The van der Waals surface area contributed by atoms with E-state index in [9.17, 15) is 19.5 Å². The second kappa shape index (κ2) is 7.01. The van der Waals surface area contributed by atoms with Gasteiger partial charge in [-0.1, -0.05) is 11.6 Å². The number of ether oxygens (including phenoxy) is 1. The number of hydrogen-bond acceptors (Lipinski definition) is 6. The number of methoxy groups -OCH3 is 1.